The quantitative estimate of drug-likeness (QED) is 0.735. The van der Waals surface area contributed by atoms with E-state index in [-0.39, 0.29) is 24.4 Å². The van der Waals surface area contributed by atoms with E-state index in [1.807, 2.05) is 11.8 Å². The Bertz CT molecular complexity index is 672. The number of aliphatic carboxylic acids is 1. The number of carbonyl (C=O) groups excluding carboxylic acids is 2. The molecular weight excluding hydrogens is 370 g/mol. The summed E-state index contributed by atoms with van der Waals surface area (Å²) in [5.41, 5.74) is 0.449. The topological polar surface area (TPSA) is 90.0 Å². The van der Waals surface area contributed by atoms with Crippen LogP contribution in [0, 0.1) is 0 Å². The lowest BCUT2D eigenvalue weighted by Crippen LogP contribution is -2.52. The van der Waals surface area contributed by atoms with Gasteiger partial charge in [-0.25, -0.2) is 0 Å². The number of rotatable bonds is 7. The predicted molar refractivity (Wildman–Crippen MR) is 103 cm³/mol. The number of carboxylic acids is 1. The van der Waals surface area contributed by atoms with Crippen molar-refractivity contribution in [2.75, 3.05) is 26.2 Å². The SMILES string of the molecule is CCN(CC(=O)O)C1CCN(C(=O)C(C)NC(=O)c2ccc(Cl)cc2)CC1. The van der Waals surface area contributed by atoms with Crippen LogP contribution in [0.1, 0.15) is 37.0 Å². The van der Waals surface area contributed by atoms with Gasteiger partial charge in [-0.05, 0) is 50.6 Å². The standard InChI is InChI=1S/C19H26ClN3O4/c1-3-22(12-17(24)25)16-8-10-23(11-9-16)19(27)13(2)21-18(26)14-4-6-15(20)7-5-14/h4-7,13,16H,3,8-12H2,1-2H3,(H,21,26)(H,24,25). The van der Waals surface area contributed by atoms with Gasteiger partial charge in [0.05, 0.1) is 6.54 Å². The maximum absolute atomic E-state index is 12.6. The molecule has 2 N–H and O–H groups in total. The van der Waals surface area contributed by atoms with Crippen LogP contribution in [0.2, 0.25) is 5.02 Å². The van der Waals surface area contributed by atoms with Crippen molar-refractivity contribution >= 4 is 29.4 Å². The van der Waals surface area contributed by atoms with Crippen molar-refractivity contribution in [1.29, 1.82) is 0 Å². The molecule has 1 fully saturated rings. The van der Waals surface area contributed by atoms with Crippen molar-refractivity contribution in [3.8, 4) is 0 Å². The van der Waals surface area contributed by atoms with Crippen molar-refractivity contribution in [1.82, 2.24) is 15.1 Å². The summed E-state index contributed by atoms with van der Waals surface area (Å²) in [5, 5.41) is 12.3. The Balaban J connectivity index is 1.86. The number of nitrogens with one attached hydrogen (secondary N) is 1. The van der Waals surface area contributed by atoms with E-state index in [0.29, 0.717) is 30.2 Å². The summed E-state index contributed by atoms with van der Waals surface area (Å²) in [6.45, 7) is 5.41. The molecule has 0 aliphatic carbocycles. The Hall–Kier alpha value is -2.12. The lowest BCUT2D eigenvalue weighted by molar-refractivity contribution is -0.140. The zero-order valence-electron chi connectivity index (χ0n) is 15.7. The molecule has 2 rings (SSSR count). The molecule has 0 aromatic heterocycles. The number of halogens is 1. The first-order valence-electron chi connectivity index (χ1n) is 9.12. The van der Waals surface area contributed by atoms with Gasteiger partial charge in [-0.2, -0.15) is 0 Å². The minimum atomic E-state index is -0.839. The highest BCUT2D eigenvalue weighted by molar-refractivity contribution is 6.30. The first kappa shape index (κ1) is 21.2. The molecule has 0 radical (unpaired) electrons. The average molecular weight is 396 g/mol. The van der Waals surface area contributed by atoms with Gasteiger partial charge < -0.3 is 15.3 Å². The molecule has 7 nitrogen and oxygen atoms in total. The minimum absolute atomic E-state index is 0.0165. The molecule has 1 aliphatic rings. The van der Waals surface area contributed by atoms with E-state index in [4.69, 9.17) is 16.7 Å². The van der Waals surface area contributed by atoms with Gasteiger partial charge >= 0.3 is 5.97 Å². The van der Waals surface area contributed by atoms with E-state index >= 15 is 0 Å². The Morgan fingerprint density at radius 3 is 2.37 bits per heavy atom. The molecule has 27 heavy (non-hydrogen) atoms. The van der Waals surface area contributed by atoms with E-state index in [1.54, 1.807) is 36.1 Å². The van der Waals surface area contributed by atoms with E-state index < -0.39 is 12.0 Å². The van der Waals surface area contributed by atoms with Crippen LogP contribution in [0.4, 0.5) is 0 Å². The summed E-state index contributed by atoms with van der Waals surface area (Å²) in [6.07, 6.45) is 1.45. The van der Waals surface area contributed by atoms with Gasteiger partial charge in [0.25, 0.3) is 5.91 Å². The first-order valence-corrected chi connectivity index (χ1v) is 9.50. The second-order valence-electron chi connectivity index (χ2n) is 6.72. The Morgan fingerprint density at radius 1 is 1.26 bits per heavy atom. The van der Waals surface area contributed by atoms with E-state index in [1.165, 1.54) is 0 Å². The number of amides is 2. The summed E-state index contributed by atoms with van der Waals surface area (Å²) in [6, 6.07) is 6.01. The number of likely N-dealkylation sites (N-methyl/N-ethyl adjacent to an activating group) is 1. The number of likely N-dealkylation sites (tertiary alicyclic amines) is 1. The van der Waals surface area contributed by atoms with Crippen LogP contribution in [-0.4, -0.2) is 71.0 Å². The summed E-state index contributed by atoms with van der Waals surface area (Å²) < 4.78 is 0. The molecule has 0 saturated carbocycles. The van der Waals surface area contributed by atoms with Crippen molar-refractivity contribution in [2.45, 2.75) is 38.8 Å². The van der Waals surface area contributed by atoms with E-state index in [2.05, 4.69) is 5.32 Å². The van der Waals surface area contributed by atoms with Gasteiger partial charge in [0.1, 0.15) is 6.04 Å². The summed E-state index contributed by atoms with van der Waals surface area (Å²) in [4.78, 5) is 39.5. The first-order chi connectivity index (χ1) is 12.8. The molecule has 1 aromatic carbocycles. The fourth-order valence-electron chi connectivity index (χ4n) is 3.34. The number of piperidine rings is 1. The van der Waals surface area contributed by atoms with Gasteiger partial charge in [-0.3, -0.25) is 19.3 Å². The number of carbonyl (C=O) groups is 3. The van der Waals surface area contributed by atoms with Crippen LogP contribution in [0.3, 0.4) is 0 Å². The van der Waals surface area contributed by atoms with E-state index in [9.17, 15) is 14.4 Å². The Labute approximate surface area is 164 Å². The van der Waals surface area contributed by atoms with Gasteiger partial charge in [0.2, 0.25) is 5.91 Å². The van der Waals surface area contributed by atoms with Crippen LogP contribution in [-0.2, 0) is 9.59 Å². The highest BCUT2D eigenvalue weighted by Crippen LogP contribution is 2.17. The summed E-state index contributed by atoms with van der Waals surface area (Å²) in [7, 11) is 0. The lowest BCUT2D eigenvalue weighted by Gasteiger charge is -2.38. The normalized spacial score (nSPS) is 16.2. The number of benzene rings is 1. The molecule has 0 spiro atoms. The van der Waals surface area contributed by atoms with Crippen LogP contribution in [0.25, 0.3) is 0 Å². The molecule has 148 valence electrons. The van der Waals surface area contributed by atoms with Crippen molar-refractivity contribution in [3.63, 3.8) is 0 Å². The molecule has 1 atom stereocenters. The van der Waals surface area contributed by atoms with Gasteiger partial charge in [-0.1, -0.05) is 18.5 Å². The second-order valence-corrected chi connectivity index (χ2v) is 7.15. The van der Waals surface area contributed by atoms with Crippen LogP contribution < -0.4 is 5.32 Å². The molecule has 8 heteroatoms. The molecule has 1 unspecified atom stereocenters. The van der Waals surface area contributed by atoms with Crippen LogP contribution in [0.15, 0.2) is 24.3 Å². The zero-order valence-corrected chi connectivity index (χ0v) is 16.4. The van der Waals surface area contributed by atoms with Crippen molar-refractivity contribution in [3.05, 3.63) is 34.9 Å². The maximum Gasteiger partial charge on any atom is 0.317 e. The number of hydrogen-bond donors (Lipinski definition) is 2. The number of carboxylic acid groups (broad SMARTS) is 1. The fraction of sp³-hybridized carbons (Fsp3) is 0.526. The third kappa shape index (κ3) is 5.94. The van der Waals surface area contributed by atoms with Crippen molar-refractivity contribution in [2.24, 2.45) is 0 Å². The molecule has 1 aliphatic heterocycles. The Kier molecular flexibility index (Phi) is 7.62. The number of nitrogens with zero attached hydrogens (tertiary/aromatic N) is 2. The van der Waals surface area contributed by atoms with E-state index in [0.717, 1.165) is 12.8 Å². The van der Waals surface area contributed by atoms with Gasteiger partial charge in [0, 0.05) is 29.7 Å². The molecule has 0 bridgehead atoms. The predicted octanol–water partition coefficient (Wildman–Crippen LogP) is 1.86. The van der Waals surface area contributed by atoms with Crippen LogP contribution in [0.5, 0.6) is 0 Å². The largest absolute Gasteiger partial charge is 0.480 e. The summed E-state index contributed by atoms with van der Waals surface area (Å²) in [5.74, 6) is -1.29. The third-order valence-electron chi connectivity index (χ3n) is 4.86. The molecule has 1 heterocycles. The molecule has 1 aromatic rings. The molecule has 1 saturated heterocycles. The van der Waals surface area contributed by atoms with Gasteiger partial charge in [0.15, 0.2) is 0 Å². The highest BCUT2D eigenvalue weighted by Gasteiger charge is 2.29. The second kappa shape index (κ2) is 9.71. The Morgan fingerprint density at radius 2 is 1.85 bits per heavy atom. The average Bonchev–Trinajstić information content (AvgIpc) is 2.66. The monoisotopic (exact) mass is 395 g/mol. The molecular formula is C19H26ClN3O4. The lowest BCUT2D eigenvalue weighted by atomic mass is 10.0. The van der Waals surface area contributed by atoms with Gasteiger partial charge in [-0.15, -0.1) is 0 Å². The zero-order chi connectivity index (χ0) is 20.0. The molecule has 2 amide bonds. The van der Waals surface area contributed by atoms with Crippen LogP contribution >= 0.6 is 11.6 Å². The summed E-state index contributed by atoms with van der Waals surface area (Å²) >= 11 is 5.82. The maximum atomic E-state index is 12.6. The highest BCUT2D eigenvalue weighted by atomic mass is 35.5. The van der Waals surface area contributed by atoms with Crippen molar-refractivity contribution < 1.29 is 19.5 Å². The third-order valence-corrected chi connectivity index (χ3v) is 5.11. The fourth-order valence-corrected chi connectivity index (χ4v) is 3.47. The number of hydrogen-bond acceptors (Lipinski definition) is 4. The smallest absolute Gasteiger partial charge is 0.317 e. The minimum Gasteiger partial charge on any atom is -0.480 e.